The number of aliphatic hydroxyl groups excluding tert-OH is 3. The summed E-state index contributed by atoms with van der Waals surface area (Å²) in [6, 6.07) is 5.83. The molecule has 0 bridgehead atoms. The van der Waals surface area contributed by atoms with Crippen molar-refractivity contribution >= 4 is 11.9 Å². The lowest BCUT2D eigenvalue weighted by atomic mass is 9.70. The molecule has 1 aromatic heterocycles. The first-order valence-electron chi connectivity index (χ1n) is 27.8. The van der Waals surface area contributed by atoms with E-state index in [-0.39, 0.29) is 43.4 Å². The highest BCUT2D eigenvalue weighted by molar-refractivity contribution is 5.94. The zero-order valence-corrected chi connectivity index (χ0v) is 47.8. The number of hydrogen-bond acceptors (Lipinski definition) is 17. The van der Waals surface area contributed by atoms with Crippen LogP contribution in [0.15, 0.2) is 30.5 Å². The van der Waals surface area contributed by atoms with Gasteiger partial charge in [0, 0.05) is 109 Å². The molecule has 76 heavy (non-hydrogen) atoms. The lowest BCUT2D eigenvalue weighted by Gasteiger charge is -2.49. The van der Waals surface area contributed by atoms with Gasteiger partial charge in [0.2, 0.25) is 0 Å². The number of esters is 1. The molecule has 4 fully saturated rings. The Hall–Kier alpha value is -3.25. The van der Waals surface area contributed by atoms with E-state index in [2.05, 4.69) is 41.4 Å². The molecule has 4 aliphatic heterocycles. The van der Waals surface area contributed by atoms with Gasteiger partial charge in [0.05, 0.1) is 41.6 Å². The van der Waals surface area contributed by atoms with Gasteiger partial charge in [-0.05, 0) is 103 Å². The SMILES string of the molecule is CC[C@H]1OC(=O)[C@H](C)[C@@H](C2C[C@@](C)(OC)[C@@H](O)[C@H](C)O2)C[C@@H](O[C@H]2C[C@@H](N(C)CCc3cn([C@H](CF)[C@H](OC)c4ccc(C(=O)N5CCNCC5)cc4)nn3)C[C@@H](C)O2)C(C)(C)C[C@@H](CO)CN(C)[C@H](C)[C@@H](O)[C@]1(C)O. The van der Waals surface area contributed by atoms with Crippen LogP contribution in [-0.4, -0.2) is 215 Å². The van der Waals surface area contributed by atoms with Crippen molar-refractivity contribution in [1.29, 1.82) is 0 Å². The Morgan fingerprint density at radius 3 is 2.30 bits per heavy atom. The topological polar surface area (TPSA) is 223 Å². The number of aliphatic hydroxyl groups is 4. The monoisotopic (exact) mass is 1080 g/mol. The van der Waals surface area contributed by atoms with Crippen molar-refractivity contribution in [3.8, 4) is 0 Å². The van der Waals surface area contributed by atoms with Crippen molar-refractivity contribution in [2.75, 3.05) is 80.9 Å². The fourth-order valence-corrected chi connectivity index (χ4v) is 12.4. The molecule has 0 saturated carbocycles. The van der Waals surface area contributed by atoms with Crippen LogP contribution in [-0.2, 0) is 39.6 Å². The zero-order valence-electron chi connectivity index (χ0n) is 47.8. The molecule has 432 valence electrons. The number of carbonyl (C=O) groups is 2. The summed E-state index contributed by atoms with van der Waals surface area (Å²) in [5, 5.41) is 58.0. The molecule has 19 nitrogen and oxygen atoms in total. The van der Waals surface area contributed by atoms with Crippen LogP contribution >= 0.6 is 0 Å². The molecule has 5 N–H and O–H groups in total. The molecule has 5 heterocycles. The fraction of sp³-hybridized carbons (Fsp3) is 0.821. The Bertz CT molecular complexity index is 2130. The normalized spacial score (nSPS) is 36.5. The summed E-state index contributed by atoms with van der Waals surface area (Å²) in [7, 11) is 7.02. The van der Waals surface area contributed by atoms with Crippen LogP contribution in [0.25, 0.3) is 0 Å². The third kappa shape index (κ3) is 14.6. The molecular weight excluding hydrogens is 982 g/mol. The number of rotatable bonds is 16. The molecule has 20 heteroatoms. The number of amides is 1. The highest BCUT2D eigenvalue weighted by Crippen LogP contribution is 2.44. The first-order chi connectivity index (χ1) is 35.9. The summed E-state index contributed by atoms with van der Waals surface area (Å²) in [6.07, 6.45) is -1.67. The summed E-state index contributed by atoms with van der Waals surface area (Å²) in [4.78, 5) is 33.7. The summed E-state index contributed by atoms with van der Waals surface area (Å²) >= 11 is 0. The van der Waals surface area contributed by atoms with Gasteiger partial charge in [-0.15, -0.1) is 5.10 Å². The summed E-state index contributed by atoms with van der Waals surface area (Å²) in [5.41, 5.74) is -1.45. The number of ether oxygens (including phenoxy) is 6. The number of alkyl halides is 1. The standard InChI is InChI=1S/C56H94FN7O12/c1-14-46-56(9,70)50(66)36(4)62(11)31-38(33-65)28-54(6,7)47(27-43(35(3)53(69)76-46)45-29-55(8,72-13)51(67)37(5)74-45)75-48-26-42(25-34(2)73-48)61(10)22-19-41-32-64(60-59-41)44(30-57)49(71-12)39-15-17-40(18-16-39)52(68)63-23-20-58-21-24-63/h15-18,32,34-38,42-51,58,65-67,70H,14,19-31,33H2,1-13H3/t34-,35-,36-,37+,38-,42+,43+,44-,45?,46-,47-,48+,49-,50-,51+,55-,56-/m1/s1. The van der Waals surface area contributed by atoms with E-state index < -0.39 is 102 Å². The summed E-state index contributed by atoms with van der Waals surface area (Å²) in [6.45, 7) is 19.8. The second-order valence-electron chi connectivity index (χ2n) is 23.7. The van der Waals surface area contributed by atoms with E-state index in [1.165, 1.54) is 18.7 Å². The molecular formula is C56H94FN7O12. The first-order valence-corrected chi connectivity index (χ1v) is 27.8. The van der Waals surface area contributed by atoms with E-state index in [0.29, 0.717) is 63.1 Å². The Morgan fingerprint density at radius 1 is 1.00 bits per heavy atom. The van der Waals surface area contributed by atoms with Crippen LogP contribution in [0.2, 0.25) is 0 Å². The van der Waals surface area contributed by atoms with E-state index in [1.807, 2.05) is 49.8 Å². The molecule has 0 aliphatic carbocycles. The predicted octanol–water partition coefficient (Wildman–Crippen LogP) is 4.35. The summed E-state index contributed by atoms with van der Waals surface area (Å²) < 4.78 is 55.0. The fourth-order valence-electron chi connectivity index (χ4n) is 12.4. The minimum atomic E-state index is -1.81. The second-order valence-corrected chi connectivity index (χ2v) is 23.7. The van der Waals surface area contributed by atoms with Gasteiger partial charge in [-0.25, -0.2) is 9.07 Å². The van der Waals surface area contributed by atoms with Gasteiger partial charge in [0.25, 0.3) is 5.91 Å². The number of cyclic esters (lactones) is 1. The third-order valence-electron chi connectivity index (χ3n) is 17.7. The van der Waals surface area contributed by atoms with Gasteiger partial charge in [0.15, 0.2) is 6.29 Å². The van der Waals surface area contributed by atoms with E-state index >= 15 is 0 Å². The molecule has 0 radical (unpaired) electrons. The number of carbonyl (C=O) groups excluding carboxylic acids is 2. The van der Waals surface area contributed by atoms with Crippen molar-refractivity contribution in [2.45, 2.75) is 192 Å². The minimum Gasteiger partial charge on any atom is -0.459 e. The second kappa shape index (κ2) is 26.8. The average molecular weight is 1080 g/mol. The highest BCUT2D eigenvalue weighted by Gasteiger charge is 2.52. The Balaban J connectivity index is 1.22. The molecule has 17 atom stereocenters. The van der Waals surface area contributed by atoms with Gasteiger partial charge in [0.1, 0.15) is 42.7 Å². The number of halogens is 1. The molecule has 1 unspecified atom stereocenters. The maximum Gasteiger partial charge on any atom is 0.309 e. The van der Waals surface area contributed by atoms with Crippen LogP contribution < -0.4 is 5.32 Å². The summed E-state index contributed by atoms with van der Waals surface area (Å²) in [5.74, 6) is -2.20. The molecule has 0 spiro atoms. The van der Waals surface area contributed by atoms with Gasteiger partial charge in [-0.1, -0.05) is 45.0 Å². The van der Waals surface area contributed by atoms with Crippen LogP contribution in [0.3, 0.4) is 0 Å². The lowest BCUT2D eigenvalue weighted by molar-refractivity contribution is -0.254. The highest BCUT2D eigenvalue weighted by atomic mass is 19.1. The number of methoxy groups -OCH3 is 2. The van der Waals surface area contributed by atoms with Crippen molar-refractivity contribution in [1.82, 2.24) is 35.0 Å². The van der Waals surface area contributed by atoms with E-state index in [9.17, 15) is 34.4 Å². The van der Waals surface area contributed by atoms with E-state index in [1.54, 1.807) is 46.2 Å². The van der Waals surface area contributed by atoms with Crippen LogP contribution in [0.4, 0.5) is 4.39 Å². The molecule has 1 amide bonds. The van der Waals surface area contributed by atoms with E-state index in [0.717, 1.165) is 25.1 Å². The number of benzene rings is 1. The van der Waals surface area contributed by atoms with Crippen molar-refractivity contribution in [2.24, 2.45) is 23.2 Å². The number of aromatic nitrogens is 3. The van der Waals surface area contributed by atoms with Crippen LogP contribution in [0.5, 0.6) is 0 Å². The largest absolute Gasteiger partial charge is 0.459 e. The van der Waals surface area contributed by atoms with Gasteiger partial charge in [-0.2, -0.15) is 0 Å². The Morgan fingerprint density at radius 2 is 1.68 bits per heavy atom. The average Bonchev–Trinajstić information content (AvgIpc) is 3.88. The number of nitrogens with one attached hydrogen (secondary N) is 1. The van der Waals surface area contributed by atoms with Crippen molar-refractivity contribution < 1.29 is 62.8 Å². The van der Waals surface area contributed by atoms with Gasteiger partial charge < -0.3 is 68.9 Å². The van der Waals surface area contributed by atoms with Crippen molar-refractivity contribution in [3.05, 3.63) is 47.3 Å². The van der Waals surface area contributed by atoms with Gasteiger partial charge in [-0.3, -0.25) is 9.59 Å². The first kappa shape index (κ1) is 62.0. The number of hydrogen-bond donors (Lipinski definition) is 5. The van der Waals surface area contributed by atoms with E-state index in [4.69, 9.17) is 28.4 Å². The van der Waals surface area contributed by atoms with Crippen LogP contribution in [0, 0.1) is 23.2 Å². The Labute approximate surface area is 451 Å². The zero-order chi connectivity index (χ0) is 55.9. The maximum absolute atomic E-state index is 15.0. The third-order valence-corrected chi connectivity index (χ3v) is 17.7. The number of piperazine rings is 1. The molecule has 4 aliphatic rings. The number of likely N-dealkylation sites (N-methyl/N-ethyl adjacent to an activating group) is 2. The molecule has 4 saturated heterocycles. The molecule has 1 aromatic carbocycles. The lowest BCUT2D eigenvalue weighted by Crippen LogP contribution is -2.59. The minimum absolute atomic E-state index is 0.0351. The van der Waals surface area contributed by atoms with Crippen molar-refractivity contribution in [3.63, 3.8) is 0 Å². The number of nitrogens with zero attached hydrogens (tertiary/aromatic N) is 6. The smallest absolute Gasteiger partial charge is 0.309 e. The Kier molecular flexibility index (Phi) is 21.9. The molecule has 2 aromatic rings. The molecule has 6 rings (SSSR count). The quantitative estimate of drug-likeness (QED) is 0.148. The maximum atomic E-state index is 15.0. The predicted molar refractivity (Wildman–Crippen MR) is 284 cm³/mol. The van der Waals surface area contributed by atoms with Crippen LogP contribution in [0.1, 0.15) is 135 Å². The van der Waals surface area contributed by atoms with Gasteiger partial charge >= 0.3 is 5.97 Å².